The molecule has 0 aromatic heterocycles. The molecule has 19 heteroatoms. The molecule has 85 heavy (non-hydrogen) atoms. The van der Waals surface area contributed by atoms with E-state index in [9.17, 15) is 43.2 Å². The Balaban J connectivity index is 5.21. The normalized spacial score (nSPS) is 14.2. The van der Waals surface area contributed by atoms with E-state index < -0.39 is 97.5 Å². The average molecular weight is 1260 g/mol. The number of rotatable bonds is 65. The van der Waals surface area contributed by atoms with Crippen LogP contribution in [0.3, 0.4) is 0 Å². The highest BCUT2D eigenvalue weighted by Gasteiger charge is 2.30. The van der Waals surface area contributed by atoms with Crippen molar-refractivity contribution in [2.45, 2.75) is 349 Å². The van der Waals surface area contributed by atoms with Crippen LogP contribution in [0.25, 0.3) is 0 Å². The minimum atomic E-state index is -4.95. The second-order valence-electron chi connectivity index (χ2n) is 24.8. The summed E-state index contributed by atoms with van der Waals surface area (Å²) in [6, 6.07) is 0. The molecule has 0 fully saturated rings. The van der Waals surface area contributed by atoms with Crippen LogP contribution in [0.5, 0.6) is 0 Å². The lowest BCUT2D eigenvalue weighted by atomic mass is 10.0. The first-order valence-corrected chi connectivity index (χ1v) is 37.5. The molecule has 0 radical (unpaired) electrons. The quantitative estimate of drug-likeness (QED) is 0.0222. The minimum Gasteiger partial charge on any atom is -0.462 e. The van der Waals surface area contributed by atoms with E-state index in [1.807, 2.05) is 0 Å². The summed E-state index contributed by atoms with van der Waals surface area (Å²) in [5.41, 5.74) is 0. The second-order valence-corrected chi connectivity index (χ2v) is 27.7. The third kappa shape index (κ3) is 60.7. The van der Waals surface area contributed by atoms with Gasteiger partial charge in [0.2, 0.25) is 0 Å². The number of carbonyl (C=O) groups is 4. The molecule has 2 unspecified atom stereocenters. The molecule has 3 N–H and O–H groups in total. The van der Waals surface area contributed by atoms with Crippen molar-refractivity contribution in [3.05, 3.63) is 0 Å². The van der Waals surface area contributed by atoms with Gasteiger partial charge in [-0.25, -0.2) is 9.13 Å². The van der Waals surface area contributed by atoms with E-state index in [0.29, 0.717) is 31.6 Å². The third-order valence-electron chi connectivity index (χ3n) is 15.2. The standard InChI is InChI=1S/C66H128O17P2/c1-7-9-11-13-15-17-18-19-20-21-22-23-24-32-38-44-50-65(70)82-61(55-77-64(69)49-43-37-31-26-25-28-34-40-46-58(3)4)56-80-84(72,73)78-52-60(67)53-79-85(74,75)81-57-62(54-76-63(68)48-42-36-30-16-14-12-10-8-2)83-66(71)51-45-39-33-27-29-35-41-47-59(5)6/h58-62,67H,7-57H2,1-6H3,(H,72,73)(H,74,75)/t60-,61-,62-/m1/s1. The van der Waals surface area contributed by atoms with E-state index in [4.69, 9.17) is 37.0 Å². The number of unbranched alkanes of at least 4 members (excludes halogenated alkanes) is 35. The summed E-state index contributed by atoms with van der Waals surface area (Å²) in [7, 11) is -9.89. The number of aliphatic hydroxyl groups is 1. The monoisotopic (exact) mass is 1250 g/mol. The smallest absolute Gasteiger partial charge is 0.462 e. The van der Waals surface area contributed by atoms with Crippen molar-refractivity contribution in [2.75, 3.05) is 39.6 Å². The fraction of sp³-hybridized carbons (Fsp3) is 0.939. The fourth-order valence-electron chi connectivity index (χ4n) is 9.88. The van der Waals surface area contributed by atoms with Crippen molar-refractivity contribution in [1.29, 1.82) is 0 Å². The molecule has 0 rings (SSSR count). The van der Waals surface area contributed by atoms with Gasteiger partial charge in [-0.2, -0.15) is 0 Å². The van der Waals surface area contributed by atoms with Gasteiger partial charge in [-0.15, -0.1) is 0 Å². The predicted molar refractivity (Wildman–Crippen MR) is 340 cm³/mol. The number of aliphatic hydroxyl groups excluding tert-OH is 1. The lowest BCUT2D eigenvalue weighted by Crippen LogP contribution is -2.30. The van der Waals surface area contributed by atoms with Gasteiger partial charge in [0.1, 0.15) is 19.3 Å². The SMILES string of the molecule is CCCCCCCCCCCCCCCCCCC(=O)O[C@H](COC(=O)CCCCCCCCCCC(C)C)COP(=O)(O)OC[C@@H](O)COP(=O)(O)OC[C@@H](COC(=O)CCCCCCCCCC)OC(=O)CCCCCCCCCC(C)C. The Morgan fingerprint density at radius 2 is 0.541 bits per heavy atom. The molecule has 0 aliphatic rings. The van der Waals surface area contributed by atoms with E-state index >= 15 is 0 Å². The molecule has 0 aliphatic heterocycles. The molecule has 0 amide bonds. The summed E-state index contributed by atoms with van der Waals surface area (Å²) in [5.74, 6) is -0.712. The van der Waals surface area contributed by atoms with Crippen LogP contribution < -0.4 is 0 Å². The van der Waals surface area contributed by atoms with Gasteiger partial charge in [0.15, 0.2) is 12.2 Å². The first-order valence-electron chi connectivity index (χ1n) is 34.5. The molecule has 17 nitrogen and oxygen atoms in total. The Bertz CT molecular complexity index is 1670. The van der Waals surface area contributed by atoms with Crippen molar-refractivity contribution in [3.8, 4) is 0 Å². The van der Waals surface area contributed by atoms with E-state index in [0.717, 1.165) is 102 Å². The largest absolute Gasteiger partial charge is 0.472 e. The number of hydrogen-bond acceptors (Lipinski definition) is 15. The number of phosphoric acid groups is 2. The summed E-state index contributed by atoms with van der Waals surface area (Å²) in [6.07, 6.45) is 41.9. The van der Waals surface area contributed by atoms with Crippen LogP contribution in [0.2, 0.25) is 0 Å². The van der Waals surface area contributed by atoms with Gasteiger partial charge in [0.25, 0.3) is 0 Å². The molecule has 0 aliphatic carbocycles. The Labute approximate surface area is 517 Å². The molecule has 0 saturated carbocycles. The van der Waals surface area contributed by atoms with Crippen molar-refractivity contribution in [1.82, 2.24) is 0 Å². The maximum absolute atomic E-state index is 13.0. The van der Waals surface area contributed by atoms with Crippen LogP contribution in [0.1, 0.15) is 330 Å². The molecule has 0 spiro atoms. The second kappa shape index (κ2) is 58.4. The van der Waals surface area contributed by atoms with Gasteiger partial charge in [0.05, 0.1) is 26.4 Å². The fourth-order valence-corrected chi connectivity index (χ4v) is 11.5. The zero-order valence-corrected chi connectivity index (χ0v) is 56.7. The van der Waals surface area contributed by atoms with Crippen LogP contribution in [0.4, 0.5) is 0 Å². The Morgan fingerprint density at radius 3 is 0.800 bits per heavy atom. The summed E-state index contributed by atoms with van der Waals surface area (Å²) >= 11 is 0. The highest BCUT2D eigenvalue weighted by Crippen LogP contribution is 2.45. The van der Waals surface area contributed by atoms with Crippen LogP contribution in [0.15, 0.2) is 0 Å². The summed E-state index contributed by atoms with van der Waals surface area (Å²) in [6.45, 7) is 9.39. The molecule has 0 bridgehead atoms. The Kier molecular flexibility index (Phi) is 57.1. The molecule has 0 aromatic carbocycles. The van der Waals surface area contributed by atoms with E-state index in [1.165, 1.54) is 141 Å². The maximum Gasteiger partial charge on any atom is 0.472 e. The van der Waals surface area contributed by atoms with E-state index in [1.54, 1.807) is 0 Å². The van der Waals surface area contributed by atoms with Crippen molar-refractivity contribution < 1.29 is 80.2 Å². The van der Waals surface area contributed by atoms with Crippen molar-refractivity contribution in [3.63, 3.8) is 0 Å². The summed E-state index contributed by atoms with van der Waals surface area (Å²) < 4.78 is 68.0. The molecule has 0 aromatic rings. The molecule has 0 saturated heterocycles. The molecule has 5 atom stereocenters. The van der Waals surface area contributed by atoms with Crippen LogP contribution >= 0.6 is 15.6 Å². The topological polar surface area (TPSA) is 237 Å². The summed E-state index contributed by atoms with van der Waals surface area (Å²) in [5, 5.41) is 10.5. The highest BCUT2D eigenvalue weighted by atomic mass is 31.2. The van der Waals surface area contributed by atoms with Crippen molar-refractivity contribution in [2.24, 2.45) is 11.8 Å². The van der Waals surface area contributed by atoms with Crippen LogP contribution in [0, 0.1) is 11.8 Å². The lowest BCUT2D eigenvalue weighted by molar-refractivity contribution is -0.161. The van der Waals surface area contributed by atoms with Crippen LogP contribution in [-0.2, 0) is 65.4 Å². The van der Waals surface area contributed by atoms with Gasteiger partial charge >= 0.3 is 39.5 Å². The number of hydrogen-bond donors (Lipinski definition) is 3. The molecule has 504 valence electrons. The average Bonchev–Trinajstić information content (AvgIpc) is 3.48. The molecule has 0 heterocycles. The Morgan fingerprint density at radius 1 is 0.318 bits per heavy atom. The minimum absolute atomic E-state index is 0.103. The first-order chi connectivity index (χ1) is 40.9. The third-order valence-corrected chi connectivity index (χ3v) is 17.1. The van der Waals surface area contributed by atoms with Crippen LogP contribution in [-0.4, -0.2) is 96.7 Å². The number of ether oxygens (including phenoxy) is 4. The van der Waals surface area contributed by atoms with Gasteiger partial charge < -0.3 is 33.8 Å². The van der Waals surface area contributed by atoms with Crippen molar-refractivity contribution >= 4 is 39.5 Å². The number of esters is 4. The Hall–Kier alpha value is -1.94. The van der Waals surface area contributed by atoms with Gasteiger partial charge in [-0.3, -0.25) is 37.3 Å². The number of carbonyl (C=O) groups excluding carboxylic acids is 4. The summed E-state index contributed by atoms with van der Waals surface area (Å²) in [4.78, 5) is 72.2. The van der Waals surface area contributed by atoms with E-state index in [-0.39, 0.29) is 25.7 Å². The lowest BCUT2D eigenvalue weighted by Gasteiger charge is -2.21. The van der Waals surface area contributed by atoms with Gasteiger partial charge in [-0.05, 0) is 37.5 Å². The zero-order valence-electron chi connectivity index (χ0n) is 54.9. The molecular formula is C66H128O17P2. The predicted octanol–water partition coefficient (Wildman–Crippen LogP) is 18.4. The molecular weight excluding hydrogens is 1130 g/mol. The van der Waals surface area contributed by atoms with Gasteiger partial charge in [0, 0.05) is 25.7 Å². The zero-order chi connectivity index (χ0) is 62.9. The number of phosphoric ester groups is 2. The highest BCUT2D eigenvalue weighted by molar-refractivity contribution is 7.47. The maximum atomic E-state index is 13.0. The van der Waals surface area contributed by atoms with Gasteiger partial charge in [-0.1, -0.05) is 279 Å². The first kappa shape index (κ1) is 83.1. The van der Waals surface area contributed by atoms with E-state index in [2.05, 4.69) is 41.5 Å².